The van der Waals surface area contributed by atoms with Gasteiger partial charge in [0.1, 0.15) is 6.04 Å². The molecule has 3 heterocycles. The molecule has 1 saturated heterocycles. The minimum Gasteiger partial charge on any atom is -0.352 e. The molecule has 0 saturated carbocycles. The van der Waals surface area contributed by atoms with E-state index in [4.69, 9.17) is 11.6 Å². The van der Waals surface area contributed by atoms with Crippen LogP contribution in [0, 0.1) is 5.92 Å². The average Bonchev–Trinajstić information content (AvgIpc) is 3.64. The van der Waals surface area contributed by atoms with Gasteiger partial charge in [-0.25, -0.2) is 4.68 Å². The minimum absolute atomic E-state index is 0.000852. The van der Waals surface area contributed by atoms with Gasteiger partial charge in [0.05, 0.1) is 17.3 Å². The van der Waals surface area contributed by atoms with E-state index in [2.05, 4.69) is 27.5 Å². The molecule has 2 amide bonds. The molecule has 0 aliphatic carbocycles. The van der Waals surface area contributed by atoms with Crippen molar-refractivity contribution in [3.63, 3.8) is 0 Å². The molecular formula is C30H45ClN6O2. The highest BCUT2D eigenvalue weighted by molar-refractivity contribution is 6.33. The summed E-state index contributed by atoms with van der Waals surface area (Å²) in [6.45, 7) is 17.0. The molecule has 39 heavy (non-hydrogen) atoms. The molecule has 8 nitrogen and oxygen atoms in total. The summed E-state index contributed by atoms with van der Waals surface area (Å²) in [4.78, 5) is 29.0. The number of halogens is 1. The molecule has 3 aromatic rings. The third-order valence-electron chi connectivity index (χ3n) is 6.25. The fraction of sp³-hybridized carbons (Fsp3) is 0.500. The fourth-order valence-electron chi connectivity index (χ4n) is 4.24. The van der Waals surface area contributed by atoms with E-state index in [1.807, 2.05) is 77.6 Å². The second-order valence-electron chi connectivity index (χ2n) is 9.08. The van der Waals surface area contributed by atoms with Crippen LogP contribution >= 0.6 is 11.6 Å². The number of rotatable bonds is 7. The van der Waals surface area contributed by atoms with E-state index in [-0.39, 0.29) is 23.9 Å². The van der Waals surface area contributed by atoms with Gasteiger partial charge in [-0.05, 0) is 49.8 Å². The first-order chi connectivity index (χ1) is 18.8. The van der Waals surface area contributed by atoms with E-state index < -0.39 is 0 Å². The van der Waals surface area contributed by atoms with Gasteiger partial charge >= 0.3 is 0 Å². The zero-order valence-electron chi connectivity index (χ0n) is 24.6. The molecule has 1 aliphatic heterocycles. The van der Waals surface area contributed by atoms with Gasteiger partial charge in [0, 0.05) is 36.7 Å². The van der Waals surface area contributed by atoms with Gasteiger partial charge in [0.2, 0.25) is 12.3 Å². The first-order valence-electron chi connectivity index (χ1n) is 13.9. The van der Waals surface area contributed by atoms with Gasteiger partial charge < -0.3 is 10.2 Å². The lowest BCUT2D eigenvalue weighted by molar-refractivity contribution is -0.137. The zero-order chi connectivity index (χ0) is 29.4. The Kier molecular flexibility index (Phi) is 15.7. The molecule has 214 valence electrons. The van der Waals surface area contributed by atoms with Crippen LogP contribution in [0.5, 0.6) is 0 Å². The molecule has 1 N–H and O–H groups in total. The Labute approximate surface area is 239 Å². The van der Waals surface area contributed by atoms with Crippen molar-refractivity contribution >= 4 is 23.9 Å². The van der Waals surface area contributed by atoms with Gasteiger partial charge in [0.25, 0.3) is 0 Å². The van der Waals surface area contributed by atoms with Crippen molar-refractivity contribution in [1.29, 1.82) is 0 Å². The normalized spacial score (nSPS) is 15.4. The van der Waals surface area contributed by atoms with Crippen molar-refractivity contribution < 1.29 is 9.59 Å². The predicted molar refractivity (Wildman–Crippen MR) is 159 cm³/mol. The van der Waals surface area contributed by atoms with Crippen molar-refractivity contribution in [2.75, 3.05) is 6.54 Å². The Bertz CT molecular complexity index is 1090. The van der Waals surface area contributed by atoms with Crippen LogP contribution in [0.15, 0.2) is 55.1 Å². The quantitative estimate of drug-likeness (QED) is 0.325. The summed E-state index contributed by atoms with van der Waals surface area (Å²) in [6.07, 6.45) is 9.71. The number of benzene rings is 1. The monoisotopic (exact) mass is 556 g/mol. The van der Waals surface area contributed by atoms with Crippen molar-refractivity contribution in [2.24, 2.45) is 5.92 Å². The predicted octanol–water partition coefficient (Wildman–Crippen LogP) is 6.75. The molecule has 1 fully saturated rings. The summed E-state index contributed by atoms with van der Waals surface area (Å²) in [5.74, 6) is 0.396. The summed E-state index contributed by atoms with van der Waals surface area (Å²) in [6, 6.07) is 9.79. The molecular weight excluding hydrogens is 512 g/mol. The summed E-state index contributed by atoms with van der Waals surface area (Å²) >= 11 is 6.11. The average molecular weight is 557 g/mol. The Balaban J connectivity index is 0.000000347. The standard InChI is InChI=1S/C14H13ClN2O.C12H20N4O.2C2H6/c1-10(17-9-18)11-2-4-12(5-3-11)13-8-16-7-6-14(13)15;1-9(2)11(16-8-6-13-14-16)12(17)15-7-4-5-10(15)3;2*1-2/h2-10H,1H3,(H,17,18);6,8-11H,4-5,7H2,1-3H3;2*1-2H3. The highest BCUT2D eigenvalue weighted by atomic mass is 35.5. The van der Waals surface area contributed by atoms with E-state index in [1.54, 1.807) is 35.5 Å². The largest absolute Gasteiger partial charge is 0.352 e. The van der Waals surface area contributed by atoms with Crippen LogP contribution < -0.4 is 5.32 Å². The van der Waals surface area contributed by atoms with Crippen LogP contribution in [0.25, 0.3) is 11.1 Å². The summed E-state index contributed by atoms with van der Waals surface area (Å²) in [5, 5.41) is 11.2. The van der Waals surface area contributed by atoms with Crippen molar-refractivity contribution in [3.05, 3.63) is 65.7 Å². The van der Waals surface area contributed by atoms with Gasteiger partial charge in [-0.3, -0.25) is 14.6 Å². The topological polar surface area (TPSA) is 93.0 Å². The van der Waals surface area contributed by atoms with Crippen LogP contribution in [0.2, 0.25) is 5.02 Å². The highest BCUT2D eigenvalue weighted by Crippen LogP contribution is 2.28. The Morgan fingerprint density at radius 2 is 1.74 bits per heavy atom. The van der Waals surface area contributed by atoms with E-state index in [0.29, 0.717) is 17.5 Å². The van der Waals surface area contributed by atoms with Gasteiger partial charge in [-0.2, -0.15) is 0 Å². The molecule has 0 bridgehead atoms. The maximum absolute atomic E-state index is 12.5. The number of nitrogens with zero attached hydrogens (tertiary/aromatic N) is 5. The maximum Gasteiger partial charge on any atom is 0.248 e. The lowest BCUT2D eigenvalue weighted by Crippen LogP contribution is -2.41. The molecule has 9 heteroatoms. The smallest absolute Gasteiger partial charge is 0.248 e. The summed E-state index contributed by atoms with van der Waals surface area (Å²) in [5.41, 5.74) is 2.96. The summed E-state index contributed by atoms with van der Waals surface area (Å²) < 4.78 is 1.68. The number of carbonyl (C=O) groups is 2. The first-order valence-corrected chi connectivity index (χ1v) is 14.3. The molecule has 0 spiro atoms. The van der Waals surface area contributed by atoms with E-state index >= 15 is 0 Å². The first kappa shape index (κ1) is 33.8. The number of hydrogen-bond donors (Lipinski definition) is 1. The van der Waals surface area contributed by atoms with Crippen molar-refractivity contribution in [2.45, 2.75) is 86.4 Å². The molecule has 4 rings (SSSR count). The highest BCUT2D eigenvalue weighted by Gasteiger charge is 2.33. The SMILES string of the molecule is CC.CC.CC(C)C(C(=O)N1CCCC1C)n1ccnn1.CC(NC=O)c1ccc(-c2cnccc2Cl)cc1. The molecule has 3 unspecified atom stereocenters. The fourth-order valence-corrected chi connectivity index (χ4v) is 4.45. The second kappa shape index (κ2) is 18.1. The molecule has 1 aromatic carbocycles. The van der Waals surface area contributed by atoms with Crippen LogP contribution in [0.1, 0.15) is 85.9 Å². The zero-order valence-corrected chi connectivity index (χ0v) is 25.4. The van der Waals surface area contributed by atoms with Gasteiger partial charge in [-0.1, -0.05) is 82.6 Å². The molecule has 3 atom stereocenters. The molecule has 2 aromatic heterocycles. The molecule has 1 aliphatic rings. The number of nitrogens with one attached hydrogen (secondary N) is 1. The number of amides is 2. The van der Waals surface area contributed by atoms with Gasteiger partial charge in [-0.15, -0.1) is 5.10 Å². The summed E-state index contributed by atoms with van der Waals surface area (Å²) in [7, 11) is 0. The number of carbonyl (C=O) groups excluding carboxylic acids is 2. The van der Waals surface area contributed by atoms with Crippen LogP contribution in [-0.4, -0.2) is 49.8 Å². The number of pyridine rings is 1. The van der Waals surface area contributed by atoms with Crippen molar-refractivity contribution in [3.8, 4) is 11.1 Å². The van der Waals surface area contributed by atoms with Gasteiger partial charge in [0.15, 0.2) is 0 Å². The van der Waals surface area contributed by atoms with E-state index in [0.717, 1.165) is 36.1 Å². The second-order valence-corrected chi connectivity index (χ2v) is 9.49. The van der Waals surface area contributed by atoms with Crippen LogP contribution in [0.3, 0.4) is 0 Å². The Morgan fingerprint density at radius 1 is 1.08 bits per heavy atom. The third kappa shape index (κ3) is 9.77. The molecule has 0 radical (unpaired) electrons. The Morgan fingerprint density at radius 3 is 2.23 bits per heavy atom. The lowest BCUT2D eigenvalue weighted by Gasteiger charge is -2.28. The number of aromatic nitrogens is 4. The lowest BCUT2D eigenvalue weighted by atomic mass is 10.0. The Hall–Kier alpha value is -3.26. The maximum atomic E-state index is 12.5. The van der Waals surface area contributed by atoms with Crippen LogP contribution in [-0.2, 0) is 9.59 Å². The number of hydrogen-bond acceptors (Lipinski definition) is 5. The van der Waals surface area contributed by atoms with Crippen LogP contribution in [0.4, 0.5) is 0 Å². The minimum atomic E-state index is -0.224. The van der Waals surface area contributed by atoms with E-state index in [9.17, 15) is 9.59 Å². The van der Waals surface area contributed by atoms with Crippen molar-refractivity contribution in [1.82, 2.24) is 30.2 Å². The number of likely N-dealkylation sites (tertiary alicyclic amines) is 1. The third-order valence-corrected chi connectivity index (χ3v) is 6.58. The van der Waals surface area contributed by atoms with E-state index in [1.165, 1.54) is 0 Å².